The number of carbonyl (C=O) groups is 1. The molecular formula is C25H24N4O3. The molecule has 3 aromatic carbocycles. The highest BCUT2D eigenvalue weighted by molar-refractivity contribution is 6.18. The number of hydrogen-bond donors (Lipinski definition) is 2. The first-order valence-electron chi connectivity index (χ1n) is 10.2. The molecule has 0 saturated heterocycles. The van der Waals surface area contributed by atoms with Crippen molar-refractivity contribution < 1.29 is 14.3 Å². The molecule has 0 saturated carbocycles. The van der Waals surface area contributed by atoms with Crippen LogP contribution in [-0.2, 0) is 0 Å². The maximum Gasteiger partial charge on any atom is 0.324 e. The number of benzene rings is 3. The number of anilines is 1. The Hall–Kier alpha value is -4.13. The first-order chi connectivity index (χ1) is 15.6. The second kappa shape index (κ2) is 9.34. The molecule has 7 heteroatoms. The predicted octanol–water partition coefficient (Wildman–Crippen LogP) is 5.45. The van der Waals surface area contributed by atoms with Crippen LogP contribution in [0.2, 0.25) is 0 Å². The summed E-state index contributed by atoms with van der Waals surface area (Å²) in [5.41, 5.74) is 3.78. The molecule has 0 aliphatic carbocycles. The Morgan fingerprint density at radius 1 is 0.812 bits per heavy atom. The van der Waals surface area contributed by atoms with Gasteiger partial charge >= 0.3 is 6.03 Å². The van der Waals surface area contributed by atoms with Gasteiger partial charge in [-0.05, 0) is 48.9 Å². The standard InChI is InChI=1S/C25H24N4O3/c1-16-23(17-13-14-21(31-2)22(15-17)32-3)24(28-20-12-8-7-11-19(20)26-16)29-25(30)27-18-9-5-4-6-10-18/h4-15,23H,1-3H3,(H2,27,28,29,30)/t23-/m0/s1. The molecule has 32 heavy (non-hydrogen) atoms. The summed E-state index contributed by atoms with van der Waals surface area (Å²) in [6, 6.07) is 22.1. The number of hydrogen-bond acceptors (Lipinski definition) is 5. The van der Waals surface area contributed by atoms with E-state index in [-0.39, 0.29) is 11.9 Å². The van der Waals surface area contributed by atoms with Crippen LogP contribution in [0.25, 0.3) is 0 Å². The highest BCUT2D eigenvalue weighted by Crippen LogP contribution is 2.36. The van der Waals surface area contributed by atoms with Crippen LogP contribution in [0.4, 0.5) is 21.9 Å². The Bertz CT molecular complexity index is 1190. The summed E-state index contributed by atoms with van der Waals surface area (Å²) in [7, 11) is 3.18. The number of methoxy groups -OCH3 is 2. The highest BCUT2D eigenvalue weighted by atomic mass is 16.5. The minimum absolute atomic E-state index is 0.382. The van der Waals surface area contributed by atoms with E-state index in [1.807, 2.05) is 79.7 Å². The molecule has 3 aromatic rings. The van der Waals surface area contributed by atoms with Crippen molar-refractivity contribution in [3.63, 3.8) is 0 Å². The summed E-state index contributed by atoms with van der Waals surface area (Å²) >= 11 is 0. The number of nitrogens with one attached hydrogen (secondary N) is 2. The van der Waals surface area contributed by atoms with Crippen LogP contribution >= 0.6 is 0 Å². The first kappa shape index (κ1) is 21.1. The summed E-state index contributed by atoms with van der Waals surface area (Å²) < 4.78 is 10.9. The molecule has 2 amide bonds. The van der Waals surface area contributed by atoms with Gasteiger partial charge in [-0.15, -0.1) is 0 Å². The molecule has 1 atom stereocenters. The second-order valence-corrected chi connectivity index (χ2v) is 7.23. The van der Waals surface area contributed by atoms with Gasteiger partial charge in [-0.25, -0.2) is 9.79 Å². The van der Waals surface area contributed by atoms with E-state index in [0.29, 0.717) is 28.7 Å². The third-order valence-corrected chi connectivity index (χ3v) is 5.12. The normalized spacial score (nSPS) is 14.9. The number of carbonyl (C=O) groups excluding carboxylic acids is 1. The molecule has 1 aliphatic heterocycles. The summed E-state index contributed by atoms with van der Waals surface area (Å²) in [6.07, 6.45) is 0. The van der Waals surface area contributed by atoms with E-state index >= 15 is 0 Å². The van der Waals surface area contributed by atoms with Gasteiger partial charge in [0.15, 0.2) is 11.5 Å². The van der Waals surface area contributed by atoms with Crippen LogP contribution in [-0.4, -0.2) is 31.8 Å². The molecular weight excluding hydrogens is 404 g/mol. The van der Waals surface area contributed by atoms with Gasteiger partial charge in [0.05, 0.1) is 31.5 Å². The molecule has 0 radical (unpaired) electrons. The van der Waals surface area contributed by atoms with Crippen molar-refractivity contribution in [2.45, 2.75) is 12.8 Å². The molecule has 162 valence electrons. The minimum Gasteiger partial charge on any atom is -0.493 e. The minimum atomic E-state index is -0.385. The van der Waals surface area contributed by atoms with Crippen molar-refractivity contribution in [1.82, 2.24) is 5.32 Å². The molecule has 0 bridgehead atoms. The number of urea groups is 1. The van der Waals surface area contributed by atoms with Crippen molar-refractivity contribution in [3.8, 4) is 11.5 Å². The van der Waals surface area contributed by atoms with E-state index in [1.54, 1.807) is 14.2 Å². The number of nitrogens with zero attached hydrogens (tertiary/aromatic N) is 2. The largest absolute Gasteiger partial charge is 0.493 e. The third-order valence-electron chi connectivity index (χ3n) is 5.12. The molecule has 1 aliphatic rings. The number of para-hydroxylation sites is 3. The lowest BCUT2D eigenvalue weighted by Gasteiger charge is -2.21. The molecule has 0 spiro atoms. The fourth-order valence-corrected chi connectivity index (χ4v) is 3.63. The molecule has 1 heterocycles. The monoisotopic (exact) mass is 428 g/mol. The van der Waals surface area contributed by atoms with Crippen LogP contribution < -0.4 is 20.1 Å². The van der Waals surface area contributed by atoms with Crippen LogP contribution in [0.15, 0.2) is 82.8 Å². The van der Waals surface area contributed by atoms with E-state index in [1.165, 1.54) is 0 Å². The molecule has 0 fully saturated rings. The van der Waals surface area contributed by atoms with Crippen molar-refractivity contribution in [3.05, 3.63) is 78.4 Å². The fraction of sp³-hybridized carbons (Fsp3) is 0.160. The smallest absolute Gasteiger partial charge is 0.324 e. The lowest BCUT2D eigenvalue weighted by molar-refractivity contribution is 0.256. The predicted molar refractivity (Wildman–Crippen MR) is 127 cm³/mol. The van der Waals surface area contributed by atoms with E-state index in [2.05, 4.69) is 10.6 Å². The second-order valence-electron chi connectivity index (χ2n) is 7.23. The van der Waals surface area contributed by atoms with Gasteiger partial charge in [0.25, 0.3) is 0 Å². The maximum atomic E-state index is 12.8. The van der Waals surface area contributed by atoms with E-state index < -0.39 is 0 Å². The Morgan fingerprint density at radius 2 is 1.47 bits per heavy atom. The van der Waals surface area contributed by atoms with Gasteiger partial charge in [0.1, 0.15) is 5.84 Å². The Balaban J connectivity index is 1.75. The van der Waals surface area contributed by atoms with Crippen LogP contribution in [0.3, 0.4) is 0 Å². The third kappa shape index (κ3) is 4.46. The fourth-order valence-electron chi connectivity index (χ4n) is 3.63. The van der Waals surface area contributed by atoms with Crippen LogP contribution in [0.5, 0.6) is 11.5 Å². The van der Waals surface area contributed by atoms with Crippen LogP contribution in [0, 0.1) is 0 Å². The maximum absolute atomic E-state index is 12.8. The van der Waals surface area contributed by atoms with E-state index in [4.69, 9.17) is 19.5 Å². The molecule has 0 aromatic heterocycles. The van der Waals surface area contributed by atoms with Crippen molar-refractivity contribution >= 4 is 34.6 Å². The number of rotatable bonds is 4. The number of aliphatic imine (C=N–C) groups is 2. The van der Waals surface area contributed by atoms with Gasteiger partial charge in [-0.1, -0.05) is 36.4 Å². The Labute approximate surface area is 186 Å². The molecule has 2 N–H and O–H groups in total. The average Bonchev–Trinajstić information content (AvgIpc) is 2.94. The Kier molecular flexibility index (Phi) is 6.17. The van der Waals surface area contributed by atoms with Gasteiger partial charge < -0.3 is 14.8 Å². The Morgan fingerprint density at radius 3 is 2.16 bits per heavy atom. The number of fused-ring (bicyclic) bond motifs is 1. The number of amides is 2. The highest BCUT2D eigenvalue weighted by Gasteiger charge is 2.27. The number of amidine groups is 1. The van der Waals surface area contributed by atoms with Crippen molar-refractivity contribution in [2.75, 3.05) is 19.5 Å². The molecule has 4 rings (SSSR count). The SMILES string of the molecule is COc1ccc([C@@H]2C(C)=Nc3ccccc3N=C2NC(=O)Nc2ccccc2)cc1OC. The summed E-state index contributed by atoms with van der Waals surface area (Å²) in [5.74, 6) is 1.30. The van der Waals surface area contributed by atoms with Crippen LogP contribution in [0.1, 0.15) is 18.4 Å². The first-order valence-corrected chi connectivity index (χ1v) is 10.2. The summed E-state index contributed by atoms with van der Waals surface area (Å²) in [4.78, 5) is 22.4. The van der Waals surface area contributed by atoms with Crippen molar-refractivity contribution in [1.29, 1.82) is 0 Å². The zero-order valence-corrected chi connectivity index (χ0v) is 18.1. The zero-order valence-electron chi connectivity index (χ0n) is 18.1. The summed E-state index contributed by atoms with van der Waals surface area (Å²) in [5, 5.41) is 5.79. The number of ether oxygens (including phenoxy) is 2. The summed E-state index contributed by atoms with van der Waals surface area (Å²) in [6.45, 7) is 1.93. The molecule has 7 nitrogen and oxygen atoms in total. The average molecular weight is 428 g/mol. The van der Waals surface area contributed by atoms with Gasteiger partial charge in [-0.3, -0.25) is 10.3 Å². The zero-order chi connectivity index (χ0) is 22.5. The van der Waals surface area contributed by atoms with E-state index in [9.17, 15) is 4.79 Å². The topological polar surface area (TPSA) is 84.3 Å². The van der Waals surface area contributed by atoms with Gasteiger partial charge in [0.2, 0.25) is 0 Å². The quantitative estimate of drug-likeness (QED) is 0.580. The van der Waals surface area contributed by atoms with E-state index in [0.717, 1.165) is 17.0 Å². The lowest BCUT2D eigenvalue weighted by Crippen LogP contribution is -2.39. The van der Waals surface area contributed by atoms with Gasteiger partial charge in [-0.2, -0.15) is 0 Å². The van der Waals surface area contributed by atoms with Crippen molar-refractivity contribution in [2.24, 2.45) is 9.98 Å². The lowest BCUT2D eigenvalue weighted by atomic mass is 9.93. The molecule has 0 unspecified atom stereocenters. The van der Waals surface area contributed by atoms with Gasteiger partial charge in [0, 0.05) is 11.4 Å².